The van der Waals surface area contributed by atoms with E-state index in [4.69, 9.17) is 4.74 Å². The van der Waals surface area contributed by atoms with Gasteiger partial charge in [-0.2, -0.15) is 0 Å². The van der Waals surface area contributed by atoms with Crippen molar-refractivity contribution in [1.29, 1.82) is 0 Å². The summed E-state index contributed by atoms with van der Waals surface area (Å²) in [6.07, 6.45) is 4.06. The van der Waals surface area contributed by atoms with E-state index in [0.717, 1.165) is 12.8 Å². The van der Waals surface area contributed by atoms with Crippen LogP contribution in [0, 0.1) is 11.3 Å². The van der Waals surface area contributed by atoms with Gasteiger partial charge in [-0.3, -0.25) is 9.59 Å². The number of ether oxygens (including phenoxy) is 2. The summed E-state index contributed by atoms with van der Waals surface area (Å²) in [7, 11) is 1.22. The van der Waals surface area contributed by atoms with E-state index in [1.807, 2.05) is 0 Å². The van der Waals surface area contributed by atoms with Crippen LogP contribution in [0.1, 0.15) is 32.6 Å². The number of carbonyl (C=O) groups excluding carboxylic acids is 3. The fourth-order valence-electron chi connectivity index (χ4n) is 2.74. The van der Waals surface area contributed by atoms with Crippen molar-refractivity contribution in [3.05, 3.63) is 11.8 Å². The van der Waals surface area contributed by atoms with Gasteiger partial charge in [0.15, 0.2) is 5.78 Å². The summed E-state index contributed by atoms with van der Waals surface area (Å²) < 4.78 is 9.52. The molecule has 1 aliphatic heterocycles. The third-order valence-electron chi connectivity index (χ3n) is 3.85. The molecule has 1 aliphatic carbocycles. The van der Waals surface area contributed by atoms with Crippen LogP contribution in [-0.2, 0) is 23.9 Å². The van der Waals surface area contributed by atoms with E-state index in [-0.39, 0.29) is 17.5 Å². The zero-order valence-corrected chi connectivity index (χ0v) is 10.5. The second-order valence-electron chi connectivity index (χ2n) is 4.80. The molecular weight excluding hydrogens is 236 g/mol. The summed E-state index contributed by atoms with van der Waals surface area (Å²) in [6, 6.07) is 0. The second-order valence-corrected chi connectivity index (χ2v) is 4.80. The normalized spacial score (nSPS) is 31.9. The molecule has 0 amide bonds. The van der Waals surface area contributed by atoms with Crippen molar-refractivity contribution in [2.24, 2.45) is 11.3 Å². The minimum Gasteiger partial charge on any atom is -0.463 e. The van der Waals surface area contributed by atoms with Crippen molar-refractivity contribution >= 4 is 17.7 Å². The second kappa shape index (κ2) is 4.55. The Morgan fingerprint density at radius 1 is 1.44 bits per heavy atom. The maximum absolute atomic E-state index is 12.1. The number of ketones is 1. The van der Waals surface area contributed by atoms with E-state index in [1.54, 1.807) is 6.92 Å². The number of allylic oxidation sites excluding steroid dienone is 1. The summed E-state index contributed by atoms with van der Waals surface area (Å²) >= 11 is 0. The van der Waals surface area contributed by atoms with Crippen LogP contribution in [0.4, 0.5) is 0 Å². The summed E-state index contributed by atoms with van der Waals surface area (Å²) in [5, 5.41) is 0. The molecule has 2 atom stereocenters. The zero-order valence-electron chi connectivity index (χ0n) is 10.5. The van der Waals surface area contributed by atoms with Crippen molar-refractivity contribution in [1.82, 2.24) is 0 Å². The number of rotatable bonds is 1. The molecule has 1 heterocycles. The first-order valence-electron chi connectivity index (χ1n) is 6.08. The van der Waals surface area contributed by atoms with Gasteiger partial charge in [0.1, 0.15) is 5.41 Å². The van der Waals surface area contributed by atoms with E-state index >= 15 is 0 Å². The van der Waals surface area contributed by atoms with Gasteiger partial charge in [0.25, 0.3) is 0 Å². The van der Waals surface area contributed by atoms with Gasteiger partial charge in [0.2, 0.25) is 5.76 Å². The standard InChI is InChI=1S/C13H16O5/c1-8-7-9(11(15)17-2)18-12(16)13(8)6-4-3-5-10(13)14/h7-8H,3-6H2,1-2H3/t8-,13-/m1/s1. The maximum Gasteiger partial charge on any atom is 0.373 e. The van der Waals surface area contributed by atoms with E-state index in [2.05, 4.69) is 4.74 Å². The number of esters is 2. The van der Waals surface area contributed by atoms with Crippen LogP contribution in [0.2, 0.25) is 0 Å². The molecule has 18 heavy (non-hydrogen) atoms. The summed E-state index contributed by atoms with van der Waals surface area (Å²) in [6.45, 7) is 1.77. The molecular formula is C13H16O5. The predicted molar refractivity (Wildman–Crippen MR) is 61.3 cm³/mol. The van der Waals surface area contributed by atoms with Gasteiger partial charge in [-0.1, -0.05) is 13.3 Å². The molecule has 1 spiro atoms. The zero-order chi connectivity index (χ0) is 13.3. The summed E-state index contributed by atoms with van der Waals surface area (Å²) in [5.74, 6) is -1.82. The molecule has 2 rings (SSSR count). The highest BCUT2D eigenvalue weighted by molar-refractivity contribution is 6.07. The van der Waals surface area contributed by atoms with Gasteiger partial charge in [-0.25, -0.2) is 4.79 Å². The van der Waals surface area contributed by atoms with Crippen molar-refractivity contribution in [2.75, 3.05) is 7.11 Å². The molecule has 98 valence electrons. The minimum atomic E-state index is -1.09. The molecule has 0 bridgehead atoms. The van der Waals surface area contributed by atoms with Crippen molar-refractivity contribution in [3.8, 4) is 0 Å². The van der Waals surface area contributed by atoms with Crippen LogP contribution in [0.15, 0.2) is 11.8 Å². The molecule has 5 nitrogen and oxygen atoms in total. The molecule has 0 aromatic rings. The highest BCUT2D eigenvalue weighted by Gasteiger charge is 2.54. The number of carbonyl (C=O) groups is 3. The van der Waals surface area contributed by atoms with Gasteiger partial charge in [0.05, 0.1) is 7.11 Å². The average molecular weight is 252 g/mol. The molecule has 0 N–H and O–H groups in total. The molecule has 1 fully saturated rings. The fraction of sp³-hybridized carbons (Fsp3) is 0.615. The first-order valence-corrected chi connectivity index (χ1v) is 6.08. The molecule has 5 heteroatoms. The SMILES string of the molecule is COC(=O)C1=C[C@@H](C)[C@@]2(CCCCC2=O)C(=O)O1. The van der Waals surface area contributed by atoms with E-state index in [0.29, 0.717) is 12.8 Å². The number of cyclic esters (lactones) is 1. The molecule has 0 unspecified atom stereocenters. The Bertz CT molecular complexity index is 437. The lowest BCUT2D eigenvalue weighted by Gasteiger charge is -2.39. The monoisotopic (exact) mass is 252 g/mol. The summed E-state index contributed by atoms with van der Waals surface area (Å²) in [5.41, 5.74) is -1.09. The van der Waals surface area contributed by atoms with Gasteiger partial charge < -0.3 is 9.47 Å². The Morgan fingerprint density at radius 2 is 2.17 bits per heavy atom. The van der Waals surface area contributed by atoms with Crippen LogP contribution in [0.3, 0.4) is 0 Å². The van der Waals surface area contributed by atoms with Crippen molar-refractivity contribution < 1.29 is 23.9 Å². The van der Waals surface area contributed by atoms with Crippen LogP contribution < -0.4 is 0 Å². The molecule has 1 saturated carbocycles. The van der Waals surface area contributed by atoms with Gasteiger partial charge in [-0.05, 0) is 18.9 Å². The quantitative estimate of drug-likeness (QED) is 0.520. The van der Waals surface area contributed by atoms with E-state index in [9.17, 15) is 14.4 Å². The molecule has 0 aromatic heterocycles. The highest BCUT2D eigenvalue weighted by atomic mass is 16.6. The van der Waals surface area contributed by atoms with Crippen LogP contribution in [0.25, 0.3) is 0 Å². The Kier molecular flexibility index (Phi) is 3.24. The number of hydrogen-bond donors (Lipinski definition) is 0. The van der Waals surface area contributed by atoms with Gasteiger partial charge in [-0.15, -0.1) is 0 Å². The highest BCUT2D eigenvalue weighted by Crippen LogP contribution is 2.45. The topological polar surface area (TPSA) is 69.7 Å². The molecule has 0 saturated heterocycles. The largest absolute Gasteiger partial charge is 0.463 e. The van der Waals surface area contributed by atoms with Crippen molar-refractivity contribution in [2.45, 2.75) is 32.6 Å². The van der Waals surface area contributed by atoms with Gasteiger partial charge in [0, 0.05) is 12.3 Å². The third kappa shape index (κ3) is 1.74. The first-order chi connectivity index (χ1) is 8.52. The first kappa shape index (κ1) is 12.8. The van der Waals surface area contributed by atoms with Crippen molar-refractivity contribution in [3.63, 3.8) is 0 Å². The average Bonchev–Trinajstić information content (AvgIpc) is 2.36. The smallest absolute Gasteiger partial charge is 0.373 e. The maximum atomic E-state index is 12.1. The van der Waals surface area contributed by atoms with Crippen LogP contribution >= 0.6 is 0 Å². The summed E-state index contributed by atoms with van der Waals surface area (Å²) in [4.78, 5) is 35.6. The molecule has 2 aliphatic rings. The molecule has 0 aromatic carbocycles. The number of Topliss-reactive ketones (excluding diaryl/α,β-unsaturated/α-hetero) is 1. The Labute approximate surface area is 105 Å². The fourth-order valence-corrected chi connectivity index (χ4v) is 2.74. The third-order valence-corrected chi connectivity index (χ3v) is 3.85. The minimum absolute atomic E-state index is 0.0774. The lowest BCUT2D eigenvalue weighted by Crippen LogP contribution is -2.49. The number of methoxy groups -OCH3 is 1. The van der Waals surface area contributed by atoms with E-state index < -0.39 is 17.4 Å². The predicted octanol–water partition coefficient (Wildman–Crippen LogP) is 1.37. The van der Waals surface area contributed by atoms with Gasteiger partial charge >= 0.3 is 11.9 Å². The number of hydrogen-bond acceptors (Lipinski definition) is 5. The lowest BCUT2D eigenvalue weighted by molar-refractivity contribution is -0.168. The Balaban J connectivity index is 2.36. The Hall–Kier alpha value is -1.65. The van der Waals surface area contributed by atoms with Crippen LogP contribution in [-0.4, -0.2) is 24.8 Å². The van der Waals surface area contributed by atoms with Crippen LogP contribution in [0.5, 0.6) is 0 Å². The molecule has 0 radical (unpaired) electrons. The van der Waals surface area contributed by atoms with E-state index in [1.165, 1.54) is 13.2 Å². The Morgan fingerprint density at radius 3 is 2.72 bits per heavy atom. The lowest BCUT2D eigenvalue weighted by atomic mass is 9.64.